The molecule has 0 saturated carbocycles. The van der Waals surface area contributed by atoms with Crippen molar-refractivity contribution >= 4 is 11.0 Å². The second-order valence-electron chi connectivity index (χ2n) is 12.7. The molecular formula is C45H34N4. The minimum Gasteiger partial charge on any atom is -0.265 e. The van der Waals surface area contributed by atoms with E-state index in [1.165, 1.54) is 22.3 Å². The average Bonchev–Trinajstić information content (AvgIpc) is 3.14. The first kappa shape index (κ1) is 30.1. The largest absolute Gasteiger partial charge is 0.265 e. The molecule has 234 valence electrons. The lowest BCUT2D eigenvalue weighted by Crippen LogP contribution is -1.98. The number of nitrogens with zero attached hydrogens (tertiary/aromatic N) is 4. The highest BCUT2D eigenvalue weighted by molar-refractivity contribution is 5.96. The summed E-state index contributed by atoms with van der Waals surface area (Å²) in [4.78, 5) is 19.2. The van der Waals surface area contributed by atoms with Gasteiger partial charge in [0.2, 0.25) is 0 Å². The number of aryl methyl sites for hydroxylation is 3. The summed E-state index contributed by atoms with van der Waals surface area (Å²) in [7, 11) is 0. The van der Waals surface area contributed by atoms with E-state index in [2.05, 4.69) is 134 Å². The second kappa shape index (κ2) is 12.7. The van der Waals surface area contributed by atoms with Crippen molar-refractivity contribution in [3.05, 3.63) is 169 Å². The van der Waals surface area contributed by atoms with E-state index in [-0.39, 0.29) is 0 Å². The first-order valence-electron chi connectivity index (χ1n) is 16.5. The second-order valence-corrected chi connectivity index (χ2v) is 12.7. The van der Waals surface area contributed by atoms with Crippen LogP contribution in [0.3, 0.4) is 0 Å². The van der Waals surface area contributed by atoms with E-state index in [1.807, 2.05) is 49.1 Å². The SMILES string of the molecule is Cc1cccc(-c2cc3nc(-c4ccc(-c5ccncc5)cc4)c(-c4ccc(-c5ccncc5)cc4)nc3cc2-c2cc(C)cc(C)c2)c1. The Labute approximate surface area is 286 Å². The van der Waals surface area contributed by atoms with Crippen molar-refractivity contribution < 1.29 is 0 Å². The van der Waals surface area contributed by atoms with Crippen LogP contribution in [0.2, 0.25) is 0 Å². The Morgan fingerprint density at radius 2 is 0.735 bits per heavy atom. The Morgan fingerprint density at radius 1 is 0.327 bits per heavy atom. The fraction of sp³-hybridized carbons (Fsp3) is 0.0667. The molecule has 5 aromatic carbocycles. The van der Waals surface area contributed by atoms with E-state index in [9.17, 15) is 0 Å². The van der Waals surface area contributed by atoms with Crippen LogP contribution in [0, 0.1) is 20.8 Å². The Balaban J connectivity index is 1.35. The molecule has 0 atom stereocenters. The van der Waals surface area contributed by atoms with Crippen molar-refractivity contribution in [1.82, 2.24) is 19.9 Å². The normalized spacial score (nSPS) is 11.2. The van der Waals surface area contributed by atoms with Gasteiger partial charge in [0.1, 0.15) is 0 Å². The molecule has 49 heavy (non-hydrogen) atoms. The molecule has 0 radical (unpaired) electrons. The van der Waals surface area contributed by atoms with Gasteiger partial charge in [0.05, 0.1) is 22.4 Å². The summed E-state index contributed by atoms with van der Waals surface area (Å²) in [5.41, 5.74) is 18.2. The molecule has 0 saturated heterocycles. The molecular weight excluding hydrogens is 597 g/mol. The van der Waals surface area contributed by atoms with Gasteiger partial charge in [-0.15, -0.1) is 0 Å². The summed E-state index contributed by atoms with van der Waals surface area (Å²) < 4.78 is 0. The highest BCUT2D eigenvalue weighted by Gasteiger charge is 2.18. The van der Waals surface area contributed by atoms with Crippen LogP contribution in [0.4, 0.5) is 0 Å². The Morgan fingerprint density at radius 3 is 1.20 bits per heavy atom. The van der Waals surface area contributed by atoms with Crippen LogP contribution in [0.25, 0.3) is 78.1 Å². The average molecular weight is 631 g/mol. The number of hydrogen-bond acceptors (Lipinski definition) is 4. The molecule has 0 amide bonds. The molecule has 0 aliphatic carbocycles. The molecule has 0 unspecified atom stereocenters. The molecule has 0 aliphatic heterocycles. The minimum absolute atomic E-state index is 0.847. The van der Waals surface area contributed by atoms with Gasteiger partial charge < -0.3 is 0 Å². The summed E-state index contributed by atoms with van der Waals surface area (Å²) in [5.74, 6) is 0. The van der Waals surface area contributed by atoms with E-state index in [1.54, 1.807) is 0 Å². The molecule has 4 heteroatoms. The Bertz CT molecular complexity index is 2410. The van der Waals surface area contributed by atoms with Crippen LogP contribution in [0.5, 0.6) is 0 Å². The van der Waals surface area contributed by atoms with Crippen LogP contribution < -0.4 is 0 Å². The standard InChI is InChI=1S/C45H34N4/c1-29-5-4-6-38(24-29)40-27-42-43(28-41(40)39-25-30(2)23-31(3)26-39)49-45(37-13-9-33(10-14-37)35-17-21-47-22-18-35)44(48-42)36-11-7-32(8-12-36)34-15-19-46-20-16-34/h4-28H,1-3H3. The molecule has 0 N–H and O–H groups in total. The van der Waals surface area contributed by atoms with Gasteiger partial charge in [-0.2, -0.15) is 0 Å². The summed E-state index contributed by atoms with van der Waals surface area (Å²) in [6, 6.07) is 45.2. The van der Waals surface area contributed by atoms with Crippen LogP contribution in [-0.4, -0.2) is 19.9 Å². The van der Waals surface area contributed by atoms with Crippen molar-refractivity contribution in [1.29, 1.82) is 0 Å². The van der Waals surface area contributed by atoms with Gasteiger partial charge in [-0.3, -0.25) is 9.97 Å². The third-order valence-corrected chi connectivity index (χ3v) is 9.01. The van der Waals surface area contributed by atoms with Crippen molar-refractivity contribution in [2.75, 3.05) is 0 Å². The van der Waals surface area contributed by atoms with Gasteiger partial charge in [0.15, 0.2) is 0 Å². The van der Waals surface area contributed by atoms with Gasteiger partial charge in [0.25, 0.3) is 0 Å². The third-order valence-electron chi connectivity index (χ3n) is 9.01. The molecule has 3 aromatic heterocycles. The van der Waals surface area contributed by atoms with Crippen LogP contribution in [0.15, 0.2) is 152 Å². The van der Waals surface area contributed by atoms with E-state index in [0.717, 1.165) is 72.5 Å². The summed E-state index contributed by atoms with van der Waals surface area (Å²) >= 11 is 0. The lowest BCUT2D eigenvalue weighted by Gasteiger charge is -2.16. The lowest BCUT2D eigenvalue weighted by molar-refractivity contribution is 1.29. The Hall–Kier alpha value is -6.26. The monoisotopic (exact) mass is 630 g/mol. The summed E-state index contributed by atoms with van der Waals surface area (Å²) in [5, 5.41) is 0. The number of rotatable bonds is 6. The highest BCUT2D eigenvalue weighted by Crippen LogP contribution is 2.39. The van der Waals surface area contributed by atoms with Gasteiger partial charge in [0, 0.05) is 35.9 Å². The van der Waals surface area contributed by atoms with Gasteiger partial charge in [-0.05, 0) is 102 Å². The van der Waals surface area contributed by atoms with Crippen LogP contribution in [-0.2, 0) is 0 Å². The lowest BCUT2D eigenvalue weighted by atomic mass is 9.91. The smallest absolute Gasteiger partial charge is 0.0973 e. The minimum atomic E-state index is 0.847. The van der Waals surface area contributed by atoms with E-state index < -0.39 is 0 Å². The molecule has 0 fully saturated rings. The maximum atomic E-state index is 5.41. The topological polar surface area (TPSA) is 51.6 Å². The van der Waals surface area contributed by atoms with E-state index in [0.29, 0.717) is 0 Å². The van der Waals surface area contributed by atoms with Gasteiger partial charge in [-0.1, -0.05) is 108 Å². The zero-order valence-electron chi connectivity index (χ0n) is 27.7. The Kier molecular flexibility index (Phi) is 7.83. The number of aromatic nitrogens is 4. The van der Waals surface area contributed by atoms with Crippen molar-refractivity contribution in [2.45, 2.75) is 20.8 Å². The fourth-order valence-electron chi connectivity index (χ4n) is 6.66. The third kappa shape index (κ3) is 6.13. The molecule has 0 aliphatic rings. The first-order chi connectivity index (χ1) is 24.0. The quantitative estimate of drug-likeness (QED) is 0.183. The highest BCUT2D eigenvalue weighted by atomic mass is 14.8. The van der Waals surface area contributed by atoms with Gasteiger partial charge in [-0.25, -0.2) is 9.97 Å². The maximum absolute atomic E-state index is 5.41. The molecule has 8 aromatic rings. The molecule has 8 rings (SSSR count). The van der Waals surface area contributed by atoms with E-state index >= 15 is 0 Å². The van der Waals surface area contributed by atoms with Crippen molar-refractivity contribution in [2.24, 2.45) is 0 Å². The number of fused-ring (bicyclic) bond motifs is 1. The summed E-state index contributed by atoms with van der Waals surface area (Å²) in [6.45, 7) is 6.45. The number of hydrogen-bond donors (Lipinski definition) is 0. The van der Waals surface area contributed by atoms with E-state index in [4.69, 9.17) is 9.97 Å². The summed E-state index contributed by atoms with van der Waals surface area (Å²) in [6.07, 6.45) is 7.29. The molecule has 3 heterocycles. The van der Waals surface area contributed by atoms with Crippen molar-refractivity contribution in [3.63, 3.8) is 0 Å². The zero-order chi connectivity index (χ0) is 33.3. The molecule has 4 nitrogen and oxygen atoms in total. The molecule has 0 spiro atoms. The van der Waals surface area contributed by atoms with Crippen LogP contribution >= 0.6 is 0 Å². The maximum Gasteiger partial charge on any atom is 0.0973 e. The predicted octanol–water partition coefficient (Wildman–Crippen LogP) is 11.3. The zero-order valence-corrected chi connectivity index (χ0v) is 27.7. The number of pyridine rings is 2. The van der Waals surface area contributed by atoms with Gasteiger partial charge >= 0.3 is 0 Å². The predicted molar refractivity (Wildman–Crippen MR) is 202 cm³/mol. The number of benzene rings is 5. The fourth-order valence-corrected chi connectivity index (χ4v) is 6.66. The van der Waals surface area contributed by atoms with Crippen molar-refractivity contribution in [3.8, 4) is 67.0 Å². The first-order valence-corrected chi connectivity index (χ1v) is 16.5. The molecule has 0 bridgehead atoms. The van der Waals surface area contributed by atoms with Crippen LogP contribution in [0.1, 0.15) is 16.7 Å².